The molecule has 0 saturated carbocycles. The Hall–Kier alpha value is -3.80. The molecule has 0 radical (unpaired) electrons. The molecule has 2 unspecified atom stereocenters. The molecule has 1 aromatic heterocycles. The molecule has 3 amide bonds. The lowest BCUT2D eigenvalue weighted by atomic mass is 10.0. The van der Waals surface area contributed by atoms with Crippen LogP contribution in [0, 0.1) is 0 Å². The number of rotatable bonds is 18. The number of aryl methyl sites for hydroxylation is 3. The fourth-order valence-corrected chi connectivity index (χ4v) is 5.82. The molecule has 0 bridgehead atoms. The predicted octanol–water partition coefficient (Wildman–Crippen LogP) is 3.18. The van der Waals surface area contributed by atoms with E-state index in [1.807, 2.05) is 25.1 Å². The summed E-state index contributed by atoms with van der Waals surface area (Å²) in [7, 11) is 1.74. The molecule has 2 aromatic carbocycles. The smallest absolute Gasteiger partial charge is 0.329 e. The molecule has 11 nitrogen and oxygen atoms in total. The van der Waals surface area contributed by atoms with E-state index in [-0.39, 0.29) is 42.5 Å². The van der Waals surface area contributed by atoms with E-state index in [1.54, 1.807) is 11.6 Å². The number of carbonyl (C=O) groups excluding carboxylic acids is 3. The molecule has 1 aliphatic rings. The number of para-hydroxylation sites is 1. The predicted molar refractivity (Wildman–Crippen MR) is 172 cm³/mol. The zero-order valence-corrected chi connectivity index (χ0v) is 26.5. The highest BCUT2D eigenvalue weighted by Gasteiger charge is 2.31. The van der Waals surface area contributed by atoms with Gasteiger partial charge in [0.05, 0.1) is 23.7 Å². The maximum absolute atomic E-state index is 13.1. The molecule has 1 aliphatic heterocycles. The monoisotopic (exact) mass is 621 g/mol. The Morgan fingerprint density at radius 3 is 2.47 bits per heavy atom. The summed E-state index contributed by atoms with van der Waals surface area (Å²) in [5, 5.41) is 2.36. The Bertz CT molecular complexity index is 1510. The maximum atomic E-state index is 13.1. The van der Waals surface area contributed by atoms with Crippen LogP contribution in [-0.2, 0) is 50.4 Å². The van der Waals surface area contributed by atoms with Gasteiger partial charge in [0.15, 0.2) is 0 Å². The maximum Gasteiger partial charge on any atom is 0.329 e. The number of nitrogens with zero attached hydrogens (tertiary/aromatic N) is 2. The summed E-state index contributed by atoms with van der Waals surface area (Å²) in [6.45, 7) is 3.80. The molecular formula is C34H47N5O6. The minimum Gasteiger partial charge on any atom is -0.381 e. The summed E-state index contributed by atoms with van der Waals surface area (Å²) in [6, 6.07) is 13.3. The van der Waals surface area contributed by atoms with Gasteiger partial charge >= 0.3 is 5.69 Å². The van der Waals surface area contributed by atoms with Crippen molar-refractivity contribution in [2.24, 2.45) is 18.5 Å². The number of aromatic nitrogens is 2. The van der Waals surface area contributed by atoms with Crippen LogP contribution in [0.1, 0.15) is 81.0 Å². The van der Waals surface area contributed by atoms with Gasteiger partial charge in [-0.15, -0.1) is 0 Å². The van der Waals surface area contributed by atoms with Crippen molar-refractivity contribution in [1.82, 2.24) is 14.5 Å². The van der Waals surface area contributed by atoms with Crippen molar-refractivity contribution in [3.05, 3.63) is 69.6 Å². The van der Waals surface area contributed by atoms with Gasteiger partial charge in [-0.1, -0.05) is 42.8 Å². The second-order valence-corrected chi connectivity index (χ2v) is 12.0. The first-order chi connectivity index (χ1) is 21.7. The molecule has 2 heterocycles. The van der Waals surface area contributed by atoms with Crippen LogP contribution >= 0.6 is 0 Å². The summed E-state index contributed by atoms with van der Waals surface area (Å²) in [4.78, 5) is 48.1. The lowest BCUT2D eigenvalue weighted by Crippen LogP contribution is -2.44. The van der Waals surface area contributed by atoms with Crippen molar-refractivity contribution < 1.29 is 23.9 Å². The van der Waals surface area contributed by atoms with Gasteiger partial charge in [-0.3, -0.25) is 28.8 Å². The fourth-order valence-electron chi connectivity index (χ4n) is 5.82. The van der Waals surface area contributed by atoms with Crippen molar-refractivity contribution in [3.8, 4) is 0 Å². The van der Waals surface area contributed by atoms with Gasteiger partial charge < -0.3 is 20.9 Å². The number of benzene rings is 2. The summed E-state index contributed by atoms with van der Waals surface area (Å²) in [5.41, 5.74) is 16.0. The van der Waals surface area contributed by atoms with E-state index in [2.05, 4.69) is 29.6 Å². The Morgan fingerprint density at radius 2 is 1.73 bits per heavy atom. The highest BCUT2D eigenvalue weighted by Crippen LogP contribution is 2.26. The first-order valence-electron chi connectivity index (χ1n) is 16.0. The number of imide groups is 1. The molecule has 1 saturated heterocycles. The summed E-state index contributed by atoms with van der Waals surface area (Å²) in [5.74, 6) is -1.06. The number of fused-ring (bicyclic) bond motifs is 1. The number of amides is 3. The molecule has 0 aliphatic carbocycles. The minimum atomic E-state index is -0.675. The van der Waals surface area contributed by atoms with E-state index in [0.717, 1.165) is 60.7 Å². The second-order valence-electron chi connectivity index (χ2n) is 12.0. The molecule has 45 heavy (non-hydrogen) atoms. The number of hydrogen-bond acceptors (Lipinski definition) is 7. The van der Waals surface area contributed by atoms with Gasteiger partial charge in [0, 0.05) is 39.1 Å². The van der Waals surface area contributed by atoms with Crippen LogP contribution in [0.2, 0.25) is 0 Å². The average Bonchev–Trinajstić information content (AvgIpc) is 3.28. The molecule has 4 rings (SSSR count). The molecule has 244 valence electrons. The van der Waals surface area contributed by atoms with Crippen LogP contribution in [0.5, 0.6) is 0 Å². The van der Waals surface area contributed by atoms with E-state index in [9.17, 15) is 19.2 Å². The quantitative estimate of drug-likeness (QED) is 0.145. The number of ether oxygens (including phenoxy) is 2. The number of primary amides is 1. The standard InChI is InChI=1S/C34H47N5O6/c1-23(27(35)16-18-30(36)40)45-22-25-14-12-24(13-15-25)8-7-21-44-20-5-3-4-9-26-10-6-11-28-32(26)38(2)34(43)39(28)29-17-19-31(41)37-33(29)42/h6,10-15,23,27,29H,3-5,7-9,16-22,35H2,1-2H3,(H2,36,40)(H,37,41,42)/t23-,27?,29?/m1/s1. The molecular weight excluding hydrogens is 574 g/mol. The zero-order chi connectivity index (χ0) is 32.3. The van der Waals surface area contributed by atoms with E-state index in [0.29, 0.717) is 32.7 Å². The molecule has 0 spiro atoms. The number of carbonyl (C=O) groups is 3. The average molecular weight is 622 g/mol. The first-order valence-corrected chi connectivity index (χ1v) is 16.0. The number of unbranched alkanes of at least 4 members (excludes halogenated alkanes) is 2. The van der Waals surface area contributed by atoms with Gasteiger partial charge in [0.1, 0.15) is 6.04 Å². The van der Waals surface area contributed by atoms with Crippen molar-refractivity contribution in [2.45, 2.75) is 95.9 Å². The zero-order valence-electron chi connectivity index (χ0n) is 26.5. The van der Waals surface area contributed by atoms with Crippen LogP contribution in [0.25, 0.3) is 11.0 Å². The van der Waals surface area contributed by atoms with Gasteiger partial charge in [0.25, 0.3) is 0 Å². The SMILES string of the molecule is C[C@@H](OCc1ccc(CCCOCCCCCc2cccc3c2n(C)c(=O)n3C2CCC(=O)NC2=O)cc1)C(N)CCC(N)=O. The number of hydrogen-bond donors (Lipinski definition) is 3. The van der Waals surface area contributed by atoms with Crippen molar-refractivity contribution in [1.29, 1.82) is 0 Å². The van der Waals surface area contributed by atoms with Crippen molar-refractivity contribution >= 4 is 28.8 Å². The summed E-state index contributed by atoms with van der Waals surface area (Å²) in [6.07, 6.45) is 6.83. The largest absolute Gasteiger partial charge is 0.381 e. The van der Waals surface area contributed by atoms with Crippen LogP contribution in [-0.4, -0.2) is 52.2 Å². The Morgan fingerprint density at radius 1 is 1.00 bits per heavy atom. The van der Waals surface area contributed by atoms with Crippen LogP contribution in [0.15, 0.2) is 47.3 Å². The van der Waals surface area contributed by atoms with Gasteiger partial charge in [-0.2, -0.15) is 0 Å². The van der Waals surface area contributed by atoms with Gasteiger partial charge in [-0.25, -0.2) is 4.79 Å². The first kappa shape index (κ1) is 34.1. The van der Waals surface area contributed by atoms with Crippen LogP contribution in [0.4, 0.5) is 0 Å². The molecule has 3 aromatic rings. The lowest BCUT2D eigenvalue weighted by Gasteiger charge is -2.21. The Kier molecular flexibility index (Phi) is 12.5. The van der Waals surface area contributed by atoms with Gasteiger partial charge in [0.2, 0.25) is 17.7 Å². The van der Waals surface area contributed by atoms with Crippen molar-refractivity contribution in [3.63, 3.8) is 0 Å². The third-order valence-corrected chi connectivity index (χ3v) is 8.56. The highest BCUT2D eigenvalue weighted by atomic mass is 16.5. The van der Waals surface area contributed by atoms with E-state index >= 15 is 0 Å². The summed E-state index contributed by atoms with van der Waals surface area (Å²) >= 11 is 0. The topological polar surface area (TPSA) is 161 Å². The molecule has 1 fully saturated rings. The van der Waals surface area contributed by atoms with Gasteiger partial charge in [-0.05, 0) is 74.6 Å². The number of nitrogens with two attached hydrogens (primary N) is 2. The number of piperidine rings is 1. The van der Waals surface area contributed by atoms with Crippen molar-refractivity contribution in [2.75, 3.05) is 13.2 Å². The Labute approximate surface area is 264 Å². The Balaban J connectivity index is 1.12. The highest BCUT2D eigenvalue weighted by molar-refractivity contribution is 6.00. The third kappa shape index (κ3) is 9.35. The lowest BCUT2D eigenvalue weighted by molar-refractivity contribution is -0.135. The fraction of sp³-hybridized carbons (Fsp3) is 0.529. The second kappa shape index (κ2) is 16.5. The summed E-state index contributed by atoms with van der Waals surface area (Å²) < 4.78 is 14.9. The van der Waals surface area contributed by atoms with E-state index in [1.165, 1.54) is 10.1 Å². The molecule has 5 N–H and O–H groups in total. The van der Waals surface area contributed by atoms with E-state index < -0.39 is 11.9 Å². The number of imidazole rings is 1. The minimum absolute atomic E-state index is 0.162. The van der Waals surface area contributed by atoms with Crippen LogP contribution < -0.4 is 22.5 Å². The van der Waals surface area contributed by atoms with Crippen LogP contribution in [0.3, 0.4) is 0 Å². The normalized spacial score (nSPS) is 16.6. The third-order valence-electron chi connectivity index (χ3n) is 8.56. The number of nitrogens with one attached hydrogen (secondary N) is 1. The van der Waals surface area contributed by atoms with E-state index in [4.69, 9.17) is 20.9 Å². The molecule has 11 heteroatoms. The molecule has 3 atom stereocenters.